The number of urea groups is 1. The van der Waals surface area contributed by atoms with E-state index < -0.39 is 0 Å². The van der Waals surface area contributed by atoms with Gasteiger partial charge in [-0.3, -0.25) is 10.2 Å². The quantitative estimate of drug-likeness (QED) is 0.358. The van der Waals surface area contributed by atoms with E-state index in [9.17, 15) is 9.59 Å². The number of nitrogens with two attached hydrogens (primary N) is 1. The van der Waals surface area contributed by atoms with Crippen LogP contribution in [0, 0.1) is 0 Å². The van der Waals surface area contributed by atoms with Gasteiger partial charge in [0, 0.05) is 44.0 Å². The van der Waals surface area contributed by atoms with E-state index in [-0.39, 0.29) is 11.9 Å². The Bertz CT molecular complexity index is 819. The van der Waals surface area contributed by atoms with E-state index in [1.165, 1.54) is 5.69 Å². The second kappa shape index (κ2) is 9.09. The van der Waals surface area contributed by atoms with Crippen LogP contribution in [0.15, 0.2) is 48.5 Å². The molecule has 0 saturated carbocycles. The number of hydrogen-bond donors (Lipinski definition) is 4. The molecule has 0 atom stereocenters. The highest BCUT2D eigenvalue weighted by atomic mass is 16.2. The molecule has 2 aromatic carbocycles. The number of nitrogens with zero attached hydrogens (tertiary/aromatic N) is 2. The number of carbonyl (C=O) groups is 2. The third-order valence-electron chi connectivity index (χ3n) is 4.72. The van der Waals surface area contributed by atoms with Gasteiger partial charge in [0.15, 0.2) is 0 Å². The van der Waals surface area contributed by atoms with Crippen LogP contribution in [-0.4, -0.2) is 44.7 Å². The van der Waals surface area contributed by atoms with Crippen LogP contribution in [0.4, 0.5) is 21.9 Å². The first kappa shape index (κ1) is 19.5. The Labute approximate surface area is 164 Å². The molecule has 2 aromatic rings. The molecule has 3 amide bonds. The zero-order valence-corrected chi connectivity index (χ0v) is 15.9. The lowest BCUT2D eigenvalue weighted by atomic mass is 10.1. The molecular formula is C20H26N6O2. The van der Waals surface area contributed by atoms with E-state index in [1.807, 2.05) is 25.1 Å². The molecule has 28 heavy (non-hydrogen) atoms. The molecule has 1 aliphatic rings. The van der Waals surface area contributed by atoms with Gasteiger partial charge in [0.1, 0.15) is 0 Å². The monoisotopic (exact) mass is 382 g/mol. The average Bonchev–Trinajstić information content (AvgIpc) is 2.74. The SMILES string of the molecule is CCNC(=O)Nc1ccc(C(=O)NN)cc1N1CCN(c2ccccc2)CC1. The number of hydrazine groups is 1. The highest BCUT2D eigenvalue weighted by molar-refractivity contribution is 5.98. The van der Waals surface area contributed by atoms with Gasteiger partial charge in [0.05, 0.1) is 11.4 Å². The van der Waals surface area contributed by atoms with E-state index in [1.54, 1.807) is 18.2 Å². The van der Waals surface area contributed by atoms with Crippen molar-refractivity contribution in [3.63, 3.8) is 0 Å². The number of hydrogen-bond acceptors (Lipinski definition) is 5. The molecule has 1 heterocycles. The topological polar surface area (TPSA) is 103 Å². The maximum Gasteiger partial charge on any atom is 0.319 e. The number of carbonyl (C=O) groups excluding carboxylic acids is 2. The van der Waals surface area contributed by atoms with Gasteiger partial charge in [-0.05, 0) is 37.3 Å². The van der Waals surface area contributed by atoms with Gasteiger partial charge in [-0.15, -0.1) is 0 Å². The van der Waals surface area contributed by atoms with Crippen molar-refractivity contribution in [3.05, 3.63) is 54.1 Å². The molecule has 5 N–H and O–H groups in total. The fourth-order valence-electron chi connectivity index (χ4n) is 3.29. The first-order chi connectivity index (χ1) is 13.6. The lowest BCUT2D eigenvalue weighted by Crippen LogP contribution is -2.47. The summed E-state index contributed by atoms with van der Waals surface area (Å²) < 4.78 is 0. The van der Waals surface area contributed by atoms with E-state index >= 15 is 0 Å². The molecular weight excluding hydrogens is 356 g/mol. The summed E-state index contributed by atoms with van der Waals surface area (Å²) in [6.45, 7) is 5.62. The first-order valence-electron chi connectivity index (χ1n) is 9.37. The summed E-state index contributed by atoms with van der Waals surface area (Å²) >= 11 is 0. The molecule has 3 rings (SSSR count). The highest BCUT2D eigenvalue weighted by Gasteiger charge is 2.21. The van der Waals surface area contributed by atoms with Crippen molar-refractivity contribution in [2.45, 2.75) is 6.92 Å². The van der Waals surface area contributed by atoms with Crippen LogP contribution in [0.1, 0.15) is 17.3 Å². The predicted molar refractivity (Wildman–Crippen MR) is 112 cm³/mol. The Kier molecular flexibility index (Phi) is 6.33. The number of nitrogen functional groups attached to an aromatic ring is 1. The maximum absolute atomic E-state index is 12.0. The third kappa shape index (κ3) is 4.52. The summed E-state index contributed by atoms with van der Waals surface area (Å²) in [4.78, 5) is 28.5. The fourth-order valence-corrected chi connectivity index (χ4v) is 3.29. The molecule has 0 bridgehead atoms. The number of amides is 3. The summed E-state index contributed by atoms with van der Waals surface area (Å²) in [7, 11) is 0. The number of piperazine rings is 1. The van der Waals surface area contributed by atoms with Crippen LogP contribution in [0.3, 0.4) is 0 Å². The summed E-state index contributed by atoms with van der Waals surface area (Å²) in [5, 5.41) is 5.59. The number of benzene rings is 2. The second-order valence-corrected chi connectivity index (χ2v) is 6.50. The van der Waals surface area contributed by atoms with E-state index in [0.29, 0.717) is 17.8 Å². The van der Waals surface area contributed by atoms with Gasteiger partial charge >= 0.3 is 6.03 Å². The molecule has 8 heteroatoms. The lowest BCUT2D eigenvalue weighted by Gasteiger charge is -2.38. The Morgan fingerprint density at radius 3 is 2.32 bits per heavy atom. The molecule has 1 fully saturated rings. The van der Waals surface area contributed by atoms with Crippen molar-refractivity contribution in [1.82, 2.24) is 10.7 Å². The smallest absolute Gasteiger partial charge is 0.319 e. The van der Waals surface area contributed by atoms with Crippen molar-refractivity contribution < 1.29 is 9.59 Å². The molecule has 1 saturated heterocycles. The molecule has 148 valence electrons. The van der Waals surface area contributed by atoms with Crippen molar-refractivity contribution >= 4 is 29.0 Å². The van der Waals surface area contributed by atoms with E-state index in [2.05, 4.69) is 38.0 Å². The number of rotatable bonds is 5. The molecule has 0 unspecified atom stereocenters. The minimum Gasteiger partial charge on any atom is -0.368 e. The Morgan fingerprint density at radius 1 is 1.00 bits per heavy atom. The van der Waals surface area contributed by atoms with Gasteiger partial charge in [0.2, 0.25) is 0 Å². The summed E-state index contributed by atoms with van der Waals surface area (Å²) in [6.07, 6.45) is 0. The third-order valence-corrected chi connectivity index (χ3v) is 4.72. The minimum atomic E-state index is -0.367. The van der Waals surface area contributed by atoms with Crippen molar-refractivity contribution in [1.29, 1.82) is 0 Å². The molecule has 0 aromatic heterocycles. The maximum atomic E-state index is 12.0. The highest BCUT2D eigenvalue weighted by Crippen LogP contribution is 2.29. The van der Waals surface area contributed by atoms with Crippen LogP contribution >= 0.6 is 0 Å². The zero-order chi connectivity index (χ0) is 19.9. The summed E-state index contributed by atoms with van der Waals surface area (Å²) in [6, 6.07) is 15.1. The van der Waals surface area contributed by atoms with Crippen LogP contribution in [0.2, 0.25) is 0 Å². The largest absolute Gasteiger partial charge is 0.368 e. The fraction of sp³-hybridized carbons (Fsp3) is 0.300. The minimum absolute atomic E-state index is 0.275. The molecule has 0 radical (unpaired) electrons. The standard InChI is InChI=1S/C20H26N6O2/c1-2-22-20(28)23-17-9-8-15(19(27)24-21)14-18(17)26-12-10-25(11-13-26)16-6-4-3-5-7-16/h3-9,14H,2,10-13,21H2,1H3,(H,24,27)(H2,22,23,28). The van der Waals surface area contributed by atoms with Gasteiger partial charge in [-0.2, -0.15) is 0 Å². The summed E-state index contributed by atoms with van der Waals surface area (Å²) in [5.74, 6) is 4.91. The average molecular weight is 382 g/mol. The van der Waals surface area contributed by atoms with Gasteiger partial charge in [-0.1, -0.05) is 18.2 Å². The van der Waals surface area contributed by atoms with Crippen molar-refractivity contribution in [3.8, 4) is 0 Å². The van der Waals surface area contributed by atoms with Gasteiger partial charge < -0.3 is 20.4 Å². The van der Waals surface area contributed by atoms with Crippen LogP contribution in [0.25, 0.3) is 0 Å². The molecule has 0 aliphatic carbocycles. The zero-order valence-electron chi connectivity index (χ0n) is 15.9. The van der Waals surface area contributed by atoms with Gasteiger partial charge in [-0.25, -0.2) is 10.6 Å². The first-order valence-corrected chi connectivity index (χ1v) is 9.37. The Morgan fingerprint density at radius 2 is 1.68 bits per heavy atom. The number of anilines is 3. The van der Waals surface area contributed by atoms with Crippen LogP contribution in [0.5, 0.6) is 0 Å². The Hall–Kier alpha value is -3.26. The predicted octanol–water partition coefficient (Wildman–Crippen LogP) is 1.76. The van der Waals surface area contributed by atoms with E-state index in [0.717, 1.165) is 31.9 Å². The lowest BCUT2D eigenvalue weighted by molar-refractivity contribution is 0.0953. The van der Waals surface area contributed by atoms with Crippen LogP contribution < -0.4 is 31.7 Å². The molecule has 8 nitrogen and oxygen atoms in total. The molecule has 0 spiro atoms. The van der Waals surface area contributed by atoms with E-state index in [4.69, 9.17) is 5.84 Å². The van der Waals surface area contributed by atoms with Crippen molar-refractivity contribution in [2.75, 3.05) is 47.8 Å². The normalized spacial score (nSPS) is 13.8. The Balaban J connectivity index is 1.80. The summed E-state index contributed by atoms with van der Waals surface area (Å²) in [5.41, 5.74) is 5.26. The van der Waals surface area contributed by atoms with Gasteiger partial charge in [0.25, 0.3) is 5.91 Å². The van der Waals surface area contributed by atoms with Crippen LogP contribution in [-0.2, 0) is 0 Å². The van der Waals surface area contributed by atoms with Crippen molar-refractivity contribution in [2.24, 2.45) is 5.84 Å². The number of nitrogens with one attached hydrogen (secondary N) is 3. The number of para-hydroxylation sites is 1. The molecule has 1 aliphatic heterocycles. The second-order valence-electron chi connectivity index (χ2n) is 6.50.